The van der Waals surface area contributed by atoms with E-state index in [1.807, 2.05) is 35.2 Å². The SMILES string of the molecule is COCC(=O)N(CCCc1cccc(Cl)c1)CCCc1ccc(C(=O)OC)s1. The van der Waals surface area contributed by atoms with Crippen molar-refractivity contribution >= 4 is 34.8 Å². The molecule has 5 nitrogen and oxygen atoms in total. The largest absolute Gasteiger partial charge is 0.465 e. The van der Waals surface area contributed by atoms with Crippen LogP contribution in [-0.4, -0.2) is 50.7 Å². The van der Waals surface area contributed by atoms with Gasteiger partial charge >= 0.3 is 5.97 Å². The molecule has 2 rings (SSSR count). The second kappa shape index (κ2) is 11.8. The third kappa shape index (κ3) is 7.26. The second-order valence-electron chi connectivity index (χ2n) is 6.41. The maximum atomic E-state index is 12.3. The number of carbonyl (C=O) groups excluding carboxylic acids is 2. The number of esters is 1. The van der Waals surface area contributed by atoms with Crippen LogP contribution < -0.4 is 0 Å². The minimum Gasteiger partial charge on any atom is -0.465 e. The van der Waals surface area contributed by atoms with Gasteiger partial charge in [0.1, 0.15) is 11.5 Å². The molecule has 7 heteroatoms. The molecule has 2 aromatic rings. The molecule has 0 aliphatic carbocycles. The molecule has 1 heterocycles. The number of rotatable bonds is 11. The highest BCUT2D eigenvalue weighted by molar-refractivity contribution is 7.13. The zero-order valence-electron chi connectivity index (χ0n) is 16.3. The normalized spacial score (nSPS) is 10.7. The molecule has 0 fully saturated rings. The van der Waals surface area contributed by atoms with Gasteiger partial charge < -0.3 is 14.4 Å². The minimum absolute atomic E-state index is 0.00461. The number of halogens is 1. The molecule has 0 saturated carbocycles. The fourth-order valence-corrected chi connectivity index (χ4v) is 4.09. The quantitative estimate of drug-likeness (QED) is 0.507. The molecule has 0 radical (unpaired) electrons. The molecule has 0 saturated heterocycles. The van der Waals surface area contributed by atoms with Crippen molar-refractivity contribution in [3.63, 3.8) is 0 Å². The van der Waals surface area contributed by atoms with Crippen LogP contribution in [0.1, 0.15) is 33.0 Å². The highest BCUT2D eigenvalue weighted by Gasteiger charge is 2.14. The Balaban J connectivity index is 1.83. The topological polar surface area (TPSA) is 55.8 Å². The first-order valence-corrected chi connectivity index (χ1v) is 10.4. The lowest BCUT2D eigenvalue weighted by molar-refractivity contribution is -0.135. The Morgan fingerprint density at radius 1 is 1.07 bits per heavy atom. The van der Waals surface area contributed by atoms with Gasteiger partial charge in [0.25, 0.3) is 0 Å². The lowest BCUT2D eigenvalue weighted by Crippen LogP contribution is -2.35. The van der Waals surface area contributed by atoms with Gasteiger partial charge in [0.05, 0.1) is 7.11 Å². The summed E-state index contributed by atoms with van der Waals surface area (Å²) in [7, 11) is 2.91. The summed E-state index contributed by atoms with van der Waals surface area (Å²) in [5.74, 6) is -0.316. The summed E-state index contributed by atoms with van der Waals surface area (Å²) in [5.41, 5.74) is 1.17. The van der Waals surface area contributed by atoms with Crippen molar-refractivity contribution < 1.29 is 19.1 Å². The Bertz CT molecular complexity index is 777. The number of ether oxygens (including phenoxy) is 2. The first-order valence-electron chi connectivity index (χ1n) is 9.21. The number of hydrogen-bond acceptors (Lipinski definition) is 5. The zero-order valence-corrected chi connectivity index (χ0v) is 17.9. The van der Waals surface area contributed by atoms with Gasteiger partial charge in [-0.15, -0.1) is 11.3 Å². The Morgan fingerprint density at radius 2 is 1.82 bits per heavy atom. The Morgan fingerprint density at radius 3 is 2.50 bits per heavy atom. The van der Waals surface area contributed by atoms with Crippen molar-refractivity contribution in [2.24, 2.45) is 0 Å². The molecular weight excluding hydrogens is 398 g/mol. The summed E-state index contributed by atoms with van der Waals surface area (Å²) in [4.78, 5) is 27.4. The lowest BCUT2D eigenvalue weighted by atomic mass is 10.1. The third-order valence-corrected chi connectivity index (χ3v) is 5.66. The number of methoxy groups -OCH3 is 2. The van der Waals surface area contributed by atoms with Gasteiger partial charge in [-0.05, 0) is 55.5 Å². The van der Waals surface area contributed by atoms with E-state index in [0.717, 1.165) is 35.6 Å². The van der Waals surface area contributed by atoms with Gasteiger partial charge in [-0.3, -0.25) is 4.79 Å². The average molecular weight is 424 g/mol. The van der Waals surface area contributed by atoms with Crippen LogP contribution in [0.3, 0.4) is 0 Å². The summed E-state index contributed by atoms with van der Waals surface area (Å²) in [6.07, 6.45) is 3.37. The monoisotopic (exact) mass is 423 g/mol. The van der Waals surface area contributed by atoms with Crippen molar-refractivity contribution in [2.75, 3.05) is 33.9 Å². The number of benzene rings is 1. The van der Waals surface area contributed by atoms with E-state index in [9.17, 15) is 9.59 Å². The maximum absolute atomic E-state index is 12.3. The Hall–Kier alpha value is -1.89. The van der Waals surface area contributed by atoms with E-state index < -0.39 is 0 Å². The van der Waals surface area contributed by atoms with E-state index in [0.29, 0.717) is 18.0 Å². The van der Waals surface area contributed by atoms with Gasteiger partial charge in [0.15, 0.2) is 0 Å². The van der Waals surface area contributed by atoms with Crippen LogP contribution in [0.4, 0.5) is 0 Å². The van der Waals surface area contributed by atoms with E-state index >= 15 is 0 Å². The van der Waals surface area contributed by atoms with Crippen molar-refractivity contribution in [3.8, 4) is 0 Å². The van der Waals surface area contributed by atoms with Crippen molar-refractivity contribution in [2.45, 2.75) is 25.7 Å². The smallest absolute Gasteiger partial charge is 0.348 e. The molecule has 1 amide bonds. The fourth-order valence-electron chi connectivity index (χ4n) is 2.91. The van der Waals surface area contributed by atoms with Gasteiger partial charge in [0, 0.05) is 30.1 Å². The van der Waals surface area contributed by atoms with Crippen LogP contribution in [0, 0.1) is 0 Å². The molecule has 28 heavy (non-hydrogen) atoms. The van der Waals surface area contributed by atoms with Gasteiger partial charge in [-0.25, -0.2) is 4.79 Å². The van der Waals surface area contributed by atoms with E-state index in [2.05, 4.69) is 0 Å². The molecule has 152 valence electrons. The van der Waals surface area contributed by atoms with Crippen LogP contribution >= 0.6 is 22.9 Å². The van der Waals surface area contributed by atoms with Crippen LogP contribution in [0.25, 0.3) is 0 Å². The molecule has 0 unspecified atom stereocenters. The highest BCUT2D eigenvalue weighted by Crippen LogP contribution is 2.19. The summed E-state index contributed by atoms with van der Waals surface area (Å²) in [6.45, 7) is 1.42. The van der Waals surface area contributed by atoms with E-state index in [1.54, 1.807) is 6.07 Å². The lowest BCUT2D eigenvalue weighted by Gasteiger charge is -2.22. The molecule has 1 aromatic carbocycles. The number of amides is 1. The highest BCUT2D eigenvalue weighted by atomic mass is 35.5. The molecule has 0 aliphatic heterocycles. The first kappa shape index (κ1) is 22.4. The molecule has 0 bridgehead atoms. The maximum Gasteiger partial charge on any atom is 0.348 e. The molecular formula is C21H26ClNO4S. The zero-order chi connectivity index (χ0) is 20.4. The number of hydrogen-bond donors (Lipinski definition) is 0. The molecule has 0 spiro atoms. The van der Waals surface area contributed by atoms with Gasteiger partial charge in [-0.2, -0.15) is 0 Å². The van der Waals surface area contributed by atoms with Gasteiger partial charge in [-0.1, -0.05) is 23.7 Å². The molecule has 0 aliphatic rings. The van der Waals surface area contributed by atoms with E-state index in [-0.39, 0.29) is 18.5 Å². The Kier molecular flexibility index (Phi) is 9.47. The predicted molar refractivity (Wildman–Crippen MR) is 112 cm³/mol. The summed E-state index contributed by atoms with van der Waals surface area (Å²) >= 11 is 7.46. The van der Waals surface area contributed by atoms with Crippen LogP contribution in [0.5, 0.6) is 0 Å². The third-order valence-electron chi connectivity index (χ3n) is 4.30. The summed E-state index contributed by atoms with van der Waals surface area (Å²) in [5, 5.41) is 0.729. The average Bonchev–Trinajstić information content (AvgIpc) is 3.15. The number of thiophene rings is 1. The van der Waals surface area contributed by atoms with Crippen molar-refractivity contribution in [3.05, 3.63) is 56.7 Å². The molecule has 1 aromatic heterocycles. The summed E-state index contributed by atoms with van der Waals surface area (Å²) in [6, 6.07) is 11.5. The fraction of sp³-hybridized carbons (Fsp3) is 0.429. The van der Waals surface area contributed by atoms with Crippen LogP contribution in [0.2, 0.25) is 5.02 Å². The minimum atomic E-state index is -0.311. The number of nitrogens with zero attached hydrogens (tertiary/aromatic N) is 1. The first-order chi connectivity index (χ1) is 13.5. The van der Waals surface area contributed by atoms with Gasteiger partial charge in [0.2, 0.25) is 5.91 Å². The molecule has 0 N–H and O–H groups in total. The molecule has 0 atom stereocenters. The van der Waals surface area contributed by atoms with E-state index in [4.69, 9.17) is 21.1 Å². The number of carbonyl (C=O) groups is 2. The summed E-state index contributed by atoms with van der Waals surface area (Å²) < 4.78 is 9.75. The van der Waals surface area contributed by atoms with Crippen molar-refractivity contribution in [1.29, 1.82) is 0 Å². The van der Waals surface area contributed by atoms with Crippen LogP contribution in [-0.2, 0) is 27.1 Å². The van der Waals surface area contributed by atoms with Crippen molar-refractivity contribution in [1.82, 2.24) is 4.90 Å². The predicted octanol–water partition coefficient (Wildman–Crippen LogP) is 4.23. The second-order valence-corrected chi connectivity index (χ2v) is 8.01. The standard InChI is InChI=1S/C21H26ClNO4S/c1-26-15-20(24)23(12-4-7-16-6-3-8-17(22)14-16)13-5-9-18-10-11-19(28-18)21(25)27-2/h3,6,8,10-11,14H,4-5,7,9,12-13,15H2,1-2H3. The van der Waals surface area contributed by atoms with E-state index in [1.165, 1.54) is 31.1 Å². The van der Waals surface area contributed by atoms with Crippen LogP contribution in [0.15, 0.2) is 36.4 Å². The number of aryl methyl sites for hydroxylation is 2. The Labute approximate surface area is 175 Å².